The van der Waals surface area contributed by atoms with Gasteiger partial charge in [-0.3, -0.25) is 4.79 Å². The SMILES string of the molecule is COC(=O)C1=C(C(=O)OC)N(c2ccccc2NC(=O)C2CCCC2)C=CC=C1. The normalized spacial score (nSPS) is 16.6. The van der Waals surface area contributed by atoms with Crippen LogP contribution in [0.25, 0.3) is 0 Å². The zero-order chi connectivity index (χ0) is 20.8. The van der Waals surface area contributed by atoms with E-state index in [2.05, 4.69) is 5.32 Å². The van der Waals surface area contributed by atoms with Gasteiger partial charge in [0.1, 0.15) is 5.70 Å². The molecule has 7 heteroatoms. The molecule has 0 aromatic heterocycles. The van der Waals surface area contributed by atoms with Crippen molar-refractivity contribution in [3.05, 3.63) is 60.0 Å². The maximum absolute atomic E-state index is 12.7. The van der Waals surface area contributed by atoms with Gasteiger partial charge in [0, 0.05) is 12.1 Å². The Balaban J connectivity index is 2.04. The van der Waals surface area contributed by atoms with Gasteiger partial charge in [-0.15, -0.1) is 0 Å². The molecular weight excluding hydrogens is 372 g/mol. The maximum Gasteiger partial charge on any atom is 0.355 e. The number of carbonyl (C=O) groups excluding carboxylic acids is 3. The van der Waals surface area contributed by atoms with Crippen LogP contribution in [0.3, 0.4) is 0 Å². The van der Waals surface area contributed by atoms with E-state index >= 15 is 0 Å². The highest BCUT2D eigenvalue weighted by atomic mass is 16.5. The Morgan fingerprint density at radius 1 is 1.00 bits per heavy atom. The van der Waals surface area contributed by atoms with E-state index in [1.165, 1.54) is 25.2 Å². The van der Waals surface area contributed by atoms with Gasteiger partial charge in [0.15, 0.2) is 0 Å². The minimum atomic E-state index is -0.696. The molecule has 1 aromatic rings. The number of para-hydroxylation sites is 2. The minimum absolute atomic E-state index is 0.00640. The van der Waals surface area contributed by atoms with Crippen molar-refractivity contribution in [1.29, 1.82) is 0 Å². The fourth-order valence-electron chi connectivity index (χ4n) is 3.56. The molecule has 7 nitrogen and oxygen atoms in total. The van der Waals surface area contributed by atoms with Gasteiger partial charge in [-0.05, 0) is 37.1 Å². The highest BCUT2D eigenvalue weighted by Gasteiger charge is 2.29. The lowest BCUT2D eigenvalue weighted by Crippen LogP contribution is -2.28. The lowest BCUT2D eigenvalue weighted by molar-refractivity contribution is -0.139. The molecule has 29 heavy (non-hydrogen) atoms. The van der Waals surface area contributed by atoms with E-state index in [0.717, 1.165) is 25.7 Å². The van der Waals surface area contributed by atoms with Crippen LogP contribution in [-0.4, -0.2) is 32.1 Å². The zero-order valence-electron chi connectivity index (χ0n) is 16.5. The highest BCUT2D eigenvalue weighted by molar-refractivity contribution is 6.06. The highest BCUT2D eigenvalue weighted by Crippen LogP contribution is 2.33. The van der Waals surface area contributed by atoms with Crippen LogP contribution in [0.2, 0.25) is 0 Å². The number of benzene rings is 1. The van der Waals surface area contributed by atoms with Gasteiger partial charge in [0.05, 0.1) is 31.2 Å². The number of nitrogens with zero attached hydrogens (tertiary/aromatic N) is 1. The summed E-state index contributed by atoms with van der Waals surface area (Å²) >= 11 is 0. The lowest BCUT2D eigenvalue weighted by atomic mass is 10.1. The van der Waals surface area contributed by atoms with Crippen LogP contribution in [0.5, 0.6) is 0 Å². The molecule has 1 N–H and O–H groups in total. The molecule has 0 bridgehead atoms. The molecule has 1 aliphatic carbocycles. The molecule has 0 saturated heterocycles. The number of anilines is 2. The third-order valence-corrected chi connectivity index (χ3v) is 5.04. The van der Waals surface area contributed by atoms with Gasteiger partial charge in [0.25, 0.3) is 0 Å². The van der Waals surface area contributed by atoms with Crippen LogP contribution in [0, 0.1) is 5.92 Å². The first-order valence-corrected chi connectivity index (χ1v) is 9.51. The van der Waals surface area contributed by atoms with Crippen LogP contribution < -0.4 is 10.2 Å². The van der Waals surface area contributed by atoms with Crippen molar-refractivity contribution < 1.29 is 23.9 Å². The van der Waals surface area contributed by atoms with Gasteiger partial charge >= 0.3 is 11.9 Å². The fraction of sp³-hybridized carbons (Fsp3) is 0.318. The molecule has 0 unspecified atom stereocenters. The summed E-state index contributed by atoms with van der Waals surface area (Å²) in [5, 5.41) is 2.98. The van der Waals surface area contributed by atoms with Crippen molar-refractivity contribution in [2.75, 3.05) is 24.4 Å². The first-order chi connectivity index (χ1) is 14.1. The Labute approximate surface area is 169 Å². The molecule has 2 aliphatic rings. The molecule has 1 fully saturated rings. The van der Waals surface area contributed by atoms with Crippen molar-refractivity contribution in [3.8, 4) is 0 Å². The monoisotopic (exact) mass is 396 g/mol. The van der Waals surface area contributed by atoms with E-state index < -0.39 is 11.9 Å². The number of carbonyl (C=O) groups is 3. The predicted octanol–water partition coefficient (Wildman–Crippen LogP) is 3.31. The lowest BCUT2D eigenvalue weighted by Gasteiger charge is -2.25. The molecular formula is C22H24N2O5. The molecule has 0 radical (unpaired) electrons. The van der Waals surface area contributed by atoms with Crippen LogP contribution in [0.1, 0.15) is 25.7 Å². The molecule has 1 aliphatic heterocycles. The summed E-state index contributed by atoms with van der Waals surface area (Å²) in [7, 11) is 2.49. The quantitative estimate of drug-likeness (QED) is 0.769. The average Bonchev–Trinajstić information content (AvgIpc) is 3.20. The van der Waals surface area contributed by atoms with Crippen molar-refractivity contribution in [3.63, 3.8) is 0 Å². The van der Waals surface area contributed by atoms with Crippen LogP contribution in [0.4, 0.5) is 11.4 Å². The summed E-state index contributed by atoms with van der Waals surface area (Å²) in [5.41, 5.74) is 1.15. The number of hydrogen-bond acceptors (Lipinski definition) is 6. The van der Waals surface area contributed by atoms with Gasteiger partial charge in [-0.2, -0.15) is 0 Å². The predicted molar refractivity (Wildman–Crippen MR) is 109 cm³/mol. The molecule has 1 heterocycles. The molecule has 1 amide bonds. The van der Waals surface area contributed by atoms with Gasteiger partial charge in [-0.25, -0.2) is 9.59 Å². The van der Waals surface area contributed by atoms with Crippen LogP contribution in [-0.2, 0) is 23.9 Å². The summed E-state index contributed by atoms with van der Waals surface area (Å²) in [6, 6.07) is 7.12. The van der Waals surface area contributed by atoms with E-state index in [-0.39, 0.29) is 23.1 Å². The smallest absolute Gasteiger partial charge is 0.355 e. The number of methoxy groups -OCH3 is 2. The number of nitrogens with one attached hydrogen (secondary N) is 1. The maximum atomic E-state index is 12.7. The number of amides is 1. The molecule has 152 valence electrons. The van der Waals surface area contributed by atoms with Crippen molar-refractivity contribution in [2.45, 2.75) is 25.7 Å². The third kappa shape index (κ3) is 4.39. The van der Waals surface area contributed by atoms with E-state index in [4.69, 9.17) is 9.47 Å². The number of esters is 2. The van der Waals surface area contributed by atoms with Crippen LogP contribution in [0.15, 0.2) is 60.0 Å². The Kier molecular flexibility index (Phi) is 6.49. The van der Waals surface area contributed by atoms with E-state index in [1.54, 1.807) is 42.6 Å². The Hall–Kier alpha value is -3.35. The first-order valence-electron chi connectivity index (χ1n) is 9.51. The number of ether oxygens (including phenoxy) is 2. The summed E-state index contributed by atoms with van der Waals surface area (Å²) in [6.07, 6.45) is 10.3. The summed E-state index contributed by atoms with van der Waals surface area (Å²) in [6.45, 7) is 0. The number of hydrogen-bond donors (Lipinski definition) is 1. The Morgan fingerprint density at radius 3 is 2.38 bits per heavy atom. The second kappa shape index (κ2) is 9.23. The molecule has 0 atom stereocenters. The molecule has 1 saturated carbocycles. The second-order valence-electron chi connectivity index (χ2n) is 6.80. The van der Waals surface area contributed by atoms with Crippen molar-refractivity contribution >= 4 is 29.2 Å². The van der Waals surface area contributed by atoms with E-state index in [9.17, 15) is 14.4 Å². The van der Waals surface area contributed by atoms with Crippen molar-refractivity contribution in [1.82, 2.24) is 0 Å². The van der Waals surface area contributed by atoms with Crippen molar-refractivity contribution in [2.24, 2.45) is 5.92 Å². The van der Waals surface area contributed by atoms with Crippen LogP contribution >= 0.6 is 0 Å². The second-order valence-corrected chi connectivity index (χ2v) is 6.80. The summed E-state index contributed by atoms with van der Waals surface area (Å²) in [4.78, 5) is 39.1. The van der Waals surface area contributed by atoms with Gasteiger partial charge < -0.3 is 19.7 Å². The van der Waals surface area contributed by atoms with E-state index in [0.29, 0.717) is 11.4 Å². The minimum Gasteiger partial charge on any atom is -0.465 e. The Morgan fingerprint density at radius 2 is 1.69 bits per heavy atom. The Bertz CT molecular complexity index is 894. The zero-order valence-corrected chi connectivity index (χ0v) is 16.5. The first kappa shape index (κ1) is 20.4. The van der Waals surface area contributed by atoms with Gasteiger partial charge in [-0.1, -0.05) is 31.1 Å². The summed E-state index contributed by atoms with van der Waals surface area (Å²) < 4.78 is 9.76. The largest absolute Gasteiger partial charge is 0.465 e. The van der Waals surface area contributed by atoms with E-state index in [1.807, 2.05) is 0 Å². The number of allylic oxidation sites excluding steroid dienone is 2. The third-order valence-electron chi connectivity index (χ3n) is 5.04. The molecule has 0 spiro atoms. The van der Waals surface area contributed by atoms with Gasteiger partial charge in [0.2, 0.25) is 5.91 Å². The standard InChI is InChI=1S/C22H24N2O5/c1-28-21(26)16-11-7-8-14-24(19(16)22(27)29-2)18-13-6-5-12-17(18)23-20(25)15-9-3-4-10-15/h5-8,11-15H,3-4,9-10H2,1-2H3,(H,23,25). The molecule has 1 aromatic carbocycles. The summed E-state index contributed by atoms with van der Waals surface area (Å²) in [5.74, 6) is -1.41. The average molecular weight is 396 g/mol. The fourth-order valence-corrected chi connectivity index (χ4v) is 3.56. The number of rotatable bonds is 5. The topological polar surface area (TPSA) is 84.9 Å². The molecule has 3 rings (SSSR count).